The Kier molecular flexibility index (Phi) is 6.61. The van der Waals surface area contributed by atoms with Crippen LogP contribution in [0.1, 0.15) is 52.9 Å². The number of nitrogens with zero attached hydrogens (tertiary/aromatic N) is 1. The molecule has 1 aliphatic rings. The van der Waals surface area contributed by atoms with E-state index in [-0.39, 0.29) is 6.10 Å². The third kappa shape index (κ3) is 4.87. The van der Waals surface area contributed by atoms with Crippen molar-refractivity contribution in [2.75, 3.05) is 26.7 Å². The van der Waals surface area contributed by atoms with Crippen molar-refractivity contribution in [2.24, 2.45) is 5.92 Å². The number of aliphatic hydroxyl groups is 1. The molecule has 1 heterocycles. The number of methoxy groups -OCH3 is 1. The predicted molar refractivity (Wildman–Crippen MR) is 75.8 cm³/mol. The quantitative estimate of drug-likeness (QED) is 0.794. The summed E-state index contributed by atoms with van der Waals surface area (Å²) in [5.74, 6) is 0.912. The summed E-state index contributed by atoms with van der Waals surface area (Å²) in [5.41, 5.74) is -0.433. The molecule has 1 fully saturated rings. The molecular weight excluding hydrogens is 226 g/mol. The van der Waals surface area contributed by atoms with E-state index in [9.17, 15) is 5.11 Å². The smallest absolute Gasteiger partial charge is 0.0880 e. The van der Waals surface area contributed by atoms with Crippen LogP contribution in [-0.2, 0) is 4.74 Å². The van der Waals surface area contributed by atoms with Crippen LogP contribution in [0.2, 0.25) is 0 Å². The molecular formula is C15H31NO2. The molecule has 3 nitrogen and oxygen atoms in total. The second-order valence-electron chi connectivity index (χ2n) is 6.16. The van der Waals surface area contributed by atoms with E-state index >= 15 is 0 Å². The highest BCUT2D eigenvalue weighted by molar-refractivity contribution is 4.80. The number of hydrogen-bond acceptors (Lipinski definition) is 3. The molecule has 0 aliphatic carbocycles. The van der Waals surface area contributed by atoms with Gasteiger partial charge < -0.3 is 14.7 Å². The first kappa shape index (κ1) is 15.9. The lowest BCUT2D eigenvalue weighted by Crippen LogP contribution is -2.40. The zero-order valence-electron chi connectivity index (χ0n) is 12.6. The highest BCUT2D eigenvalue weighted by Crippen LogP contribution is 2.21. The number of aliphatic hydroxyl groups excluding tert-OH is 1. The summed E-state index contributed by atoms with van der Waals surface area (Å²) in [6, 6.07) is 0. The fraction of sp³-hybridized carbons (Fsp3) is 1.00. The minimum atomic E-state index is -0.433. The highest BCUT2D eigenvalue weighted by Gasteiger charge is 2.27. The van der Waals surface area contributed by atoms with Crippen LogP contribution in [0.3, 0.4) is 0 Å². The lowest BCUT2D eigenvalue weighted by molar-refractivity contribution is -0.0823. The van der Waals surface area contributed by atoms with Crippen molar-refractivity contribution in [1.29, 1.82) is 0 Å². The van der Waals surface area contributed by atoms with Gasteiger partial charge in [-0.25, -0.2) is 0 Å². The Hall–Kier alpha value is -0.120. The Morgan fingerprint density at radius 3 is 2.67 bits per heavy atom. The minimum Gasteiger partial charge on any atom is -0.390 e. The van der Waals surface area contributed by atoms with Gasteiger partial charge in [-0.15, -0.1) is 0 Å². The molecule has 0 amide bonds. The largest absolute Gasteiger partial charge is 0.390 e. The second-order valence-corrected chi connectivity index (χ2v) is 6.16. The van der Waals surface area contributed by atoms with Gasteiger partial charge >= 0.3 is 0 Å². The van der Waals surface area contributed by atoms with Gasteiger partial charge in [-0.1, -0.05) is 13.3 Å². The molecule has 1 rings (SSSR count). The molecule has 0 aromatic carbocycles. The van der Waals surface area contributed by atoms with Crippen LogP contribution in [-0.4, -0.2) is 48.5 Å². The van der Waals surface area contributed by atoms with Crippen LogP contribution >= 0.6 is 0 Å². The summed E-state index contributed by atoms with van der Waals surface area (Å²) in [4.78, 5) is 2.50. The molecule has 1 saturated heterocycles. The van der Waals surface area contributed by atoms with Crippen LogP contribution in [0.4, 0.5) is 0 Å². The summed E-state index contributed by atoms with van der Waals surface area (Å²) >= 11 is 0. The molecule has 2 atom stereocenters. The summed E-state index contributed by atoms with van der Waals surface area (Å²) in [7, 11) is 1.67. The Balaban J connectivity index is 2.31. The second kappa shape index (κ2) is 7.46. The van der Waals surface area contributed by atoms with Gasteiger partial charge in [-0.3, -0.25) is 0 Å². The van der Waals surface area contributed by atoms with E-state index in [0.717, 1.165) is 18.9 Å². The van der Waals surface area contributed by atoms with Crippen molar-refractivity contribution in [3.8, 4) is 0 Å². The van der Waals surface area contributed by atoms with Crippen molar-refractivity contribution >= 4 is 0 Å². The topological polar surface area (TPSA) is 32.7 Å². The monoisotopic (exact) mass is 257 g/mol. The normalized spacial score (nSPS) is 24.8. The van der Waals surface area contributed by atoms with Gasteiger partial charge in [0.15, 0.2) is 0 Å². The van der Waals surface area contributed by atoms with E-state index in [1.807, 2.05) is 13.8 Å². The summed E-state index contributed by atoms with van der Waals surface area (Å²) in [6.07, 6.45) is 5.74. The molecule has 0 aromatic heterocycles. The third-order valence-corrected chi connectivity index (χ3v) is 4.56. The summed E-state index contributed by atoms with van der Waals surface area (Å²) in [6.45, 7) is 9.57. The van der Waals surface area contributed by atoms with E-state index in [2.05, 4.69) is 11.8 Å². The average Bonchev–Trinajstić information content (AvgIpc) is 2.60. The molecule has 1 aliphatic heterocycles. The molecule has 108 valence electrons. The van der Waals surface area contributed by atoms with Crippen molar-refractivity contribution in [2.45, 2.75) is 64.6 Å². The molecule has 0 aromatic rings. The molecule has 0 saturated carbocycles. The van der Waals surface area contributed by atoms with Gasteiger partial charge in [-0.2, -0.15) is 0 Å². The van der Waals surface area contributed by atoms with E-state index in [4.69, 9.17) is 4.74 Å². The van der Waals surface area contributed by atoms with Crippen LogP contribution in [0, 0.1) is 5.92 Å². The van der Waals surface area contributed by atoms with Gasteiger partial charge in [0.05, 0.1) is 11.7 Å². The standard InChI is InChI=1S/C15H31NO2/c1-5-13-7-6-10-16(11-8-13)12-9-14(17)15(2,3)18-4/h13-14,17H,5-12H2,1-4H3. The zero-order valence-corrected chi connectivity index (χ0v) is 12.6. The minimum absolute atomic E-state index is 0.382. The molecule has 2 unspecified atom stereocenters. The SMILES string of the molecule is CCC1CCCN(CCC(O)C(C)(C)OC)CC1. The molecule has 0 spiro atoms. The Morgan fingerprint density at radius 1 is 1.33 bits per heavy atom. The van der Waals surface area contributed by atoms with Gasteiger partial charge in [0.25, 0.3) is 0 Å². The summed E-state index contributed by atoms with van der Waals surface area (Å²) < 4.78 is 5.33. The first-order valence-corrected chi connectivity index (χ1v) is 7.45. The predicted octanol–water partition coefficient (Wildman–Crippen LogP) is 2.67. The van der Waals surface area contributed by atoms with Crippen molar-refractivity contribution < 1.29 is 9.84 Å². The average molecular weight is 257 g/mol. The number of rotatable bonds is 6. The van der Waals surface area contributed by atoms with Crippen LogP contribution in [0.15, 0.2) is 0 Å². The Morgan fingerprint density at radius 2 is 2.06 bits per heavy atom. The molecule has 18 heavy (non-hydrogen) atoms. The van der Waals surface area contributed by atoms with Crippen LogP contribution in [0.25, 0.3) is 0 Å². The van der Waals surface area contributed by atoms with Gasteiger partial charge in [0, 0.05) is 13.7 Å². The van der Waals surface area contributed by atoms with Crippen LogP contribution < -0.4 is 0 Å². The van der Waals surface area contributed by atoms with Crippen molar-refractivity contribution in [3.05, 3.63) is 0 Å². The molecule has 1 N–H and O–H groups in total. The molecule has 3 heteroatoms. The van der Waals surface area contributed by atoms with E-state index in [1.54, 1.807) is 7.11 Å². The fourth-order valence-electron chi connectivity index (χ4n) is 2.65. The lowest BCUT2D eigenvalue weighted by Gasteiger charge is -2.31. The van der Waals surface area contributed by atoms with Gasteiger partial charge in [0.1, 0.15) is 0 Å². The first-order chi connectivity index (χ1) is 8.49. The zero-order chi connectivity index (χ0) is 13.6. The molecule has 0 bridgehead atoms. The fourth-order valence-corrected chi connectivity index (χ4v) is 2.65. The van der Waals surface area contributed by atoms with E-state index < -0.39 is 5.60 Å². The molecule has 0 radical (unpaired) electrons. The lowest BCUT2D eigenvalue weighted by atomic mass is 9.98. The number of ether oxygens (including phenoxy) is 1. The highest BCUT2D eigenvalue weighted by atomic mass is 16.5. The van der Waals surface area contributed by atoms with Gasteiger partial charge in [-0.05, 0) is 58.5 Å². The number of hydrogen-bond donors (Lipinski definition) is 1. The summed E-state index contributed by atoms with van der Waals surface area (Å²) in [5, 5.41) is 10.1. The Labute approximate surface area is 113 Å². The van der Waals surface area contributed by atoms with Crippen molar-refractivity contribution in [3.63, 3.8) is 0 Å². The van der Waals surface area contributed by atoms with E-state index in [0.29, 0.717) is 0 Å². The van der Waals surface area contributed by atoms with E-state index in [1.165, 1.54) is 38.8 Å². The van der Waals surface area contributed by atoms with Gasteiger partial charge in [0.2, 0.25) is 0 Å². The maximum Gasteiger partial charge on any atom is 0.0880 e. The van der Waals surface area contributed by atoms with Crippen molar-refractivity contribution in [1.82, 2.24) is 4.90 Å². The maximum atomic E-state index is 10.1. The number of likely N-dealkylation sites (tertiary alicyclic amines) is 1. The third-order valence-electron chi connectivity index (χ3n) is 4.56. The Bertz CT molecular complexity index is 231. The van der Waals surface area contributed by atoms with Crippen LogP contribution in [0.5, 0.6) is 0 Å². The maximum absolute atomic E-state index is 10.1. The first-order valence-electron chi connectivity index (χ1n) is 7.45.